The van der Waals surface area contributed by atoms with Gasteiger partial charge in [0.2, 0.25) is 5.95 Å². The van der Waals surface area contributed by atoms with Gasteiger partial charge in [-0.15, -0.1) is 0 Å². The van der Waals surface area contributed by atoms with Crippen molar-refractivity contribution < 1.29 is 18.3 Å². The summed E-state index contributed by atoms with van der Waals surface area (Å²) in [4.78, 5) is 3.11. The molecule has 0 fully saturated rings. The van der Waals surface area contributed by atoms with E-state index in [4.69, 9.17) is 10.8 Å². The molecule has 0 amide bonds. The van der Waals surface area contributed by atoms with Gasteiger partial charge in [-0.25, -0.2) is 13.8 Å². The Hall–Kier alpha value is -1.30. The number of aliphatic hydroxyl groups excluding tert-OH is 1. The van der Waals surface area contributed by atoms with Crippen molar-refractivity contribution in [1.82, 2.24) is 4.98 Å². The van der Waals surface area contributed by atoms with Gasteiger partial charge in [0.1, 0.15) is 0 Å². The van der Waals surface area contributed by atoms with E-state index in [-0.39, 0.29) is 5.69 Å². The summed E-state index contributed by atoms with van der Waals surface area (Å²) >= 11 is 0. The van der Waals surface area contributed by atoms with Gasteiger partial charge >= 0.3 is 0 Å². The summed E-state index contributed by atoms with van der Waals surface area (Å²) in [5.74, 6) is -1.12. The second kappa shape index (κ2) is 3.61. The van der Waals surface area contributed by atoms with Crippen molar-refractivity contribution in [2.45, 2.75) is 13.0 Å². The number of aromatic nitrogens is 1. The Bertz CT molecular complexity index is 317. The molecule has 0 saturated carbocycles. The number of alkyl halides is 2. The van der Waals surface area contributed by atoms with Crippen LogP contribution in [0, 0.1) is 5.95 Å². The third kappa shape index (κ3) is 1.72. The Balaban J connectivity index is 3.35. The molecule has 6 heteroatoms. The van der Waals surface area contributed by atoms with Crippen LogP contribution in [0.25, 0.3) is 0 Å². The number of hydrogen-bond acceptors (Lipinski definition) is 3. The van der Waals surface area contributed by atoms with Crippen LogP contribution in [0.15, 0.2) is 6.20 Å². The summed E-state index contributed by atoms with van der Waals surface area (Å²) in [5, 5.41) is 8.60. The molecular formula is C7H7F3N2O. The molecule has 72 valence electrons. The Morgan fingerprint density at radius 3 is 2.54 bits per heavy atom. The van der Waals surface area contributed by atoms with E-state index < -0.39 is 30.1 Å². The van der Waals surface area contributed by atoms with Gasteiger partial charge in [-0.05, 0) is 0 Å². The van der Waals surface area contributed by atoms with Crippen LogP contribution in [0.2, 0.25) is 0 Å². The molecule has 3 N–H and O–H groups in total. The minimum Gasteiger partial charge on any atom is -0.397 e. The summed E-state index contributed by atoms with van der Waals surface area (Å²) < 4.78 is 37.3. The Kier molecular flexibility index (Phi) is 2.72. The summed E-state index contributed by atoms with van der Waals surface area (Å²) in [5.41, 5.74) is 3.60. The molecule has 0 aliphatic carbocycles. The van der Waals surface area contributed by atoms with E-state index in [2.05, 4.69) is 4.98 Å². The SMILES string of the molecule is Nc1cnc(F)c(CO)c1C(F)F. The molecule has 0 saturated heterocycles. The van der Waals surface area contributed by atoms with E-state index in [1.54, 1.807) is 0 Å². The number of rotatable bonds is 2. The number of nitrogens with two attached hydrogens (primary N) is 1. The molecule has 0 unspecified atom stereocenters. The van der Waals surface area contributed by atoms with Crippen molar-refractivity contribution in [2.75, 3.05) is 5.73 Å². The van der Waals surface area contributed by atoms with Crippen LogP contribution in [0.5, 0.6) is 0 Å². The molecular weight excluding hydrogens is 185 g/mol. The predicted molar refractivity (Wildman–Crippen MR) is 39.5 cm³/mol. The van der Waals surface area contributed by atoms with Gasteiger partial charge in [0.05, 0.1) is 24.1 Å². The number of hydrogen-bond donors (Lipinski definition) is 2. The van der Waals surface area contributed by atoms with E-state index in [0.29, 0.717) is 0 Å². The summed E-state index contributed by atoms with van der Waals surface area (Å²) in [6, 6.07) is 0. The summed E-state index contributed by atoms with van der Waals surface area (Å²) in [6.07, 6.45) is -2.12. The summed E-state index contributed by atoms with van der Waals surface area (Å²) in [7, 11) is 0. The van der Waals surface area contributed by atoms with E-state index in [1.807, 2.05) is 0 Å². The van der Waals surface area contributed by atoms with Crippen molar-refractivity contribution in [2.24, 2.45) is 0 Å². The monoisotopic (exact) mass is 192 g/mol. The van der Waals surface area contributed by atoms with Gasteiger partial charge in [-0.3, -0.25) is 0 Å². The van der Waals surface area contributed by atoms with Crippen molar-refractivity contribution in [3.05, 3.63) is 23.3 Å². The molecule has 1 aromatic rings. The highest BCUT2D eigenvalue weighted by atomic mass is 19.3. The lowest BCUT2D eigenvalue weighted by Crippen LogP contribution is -2.05. The molecule has 13 heavy (non-hydrogen) atoms. The van der Waals surface area contributed by atoms with Crippen LogP contribution in [0.3, 0.4) is 0 Å². The third-order valence-electron chi connectivity index (χ3n) is 1.58. The zero-order valence-electron chi connectivity index (χ0n) is 6.47. The van der Waals surface area contributed by atoms with Crippen LogP contribution in [0.1, 0.15) is 17.6 Å². The van der Waals surface area contributed by atoms with Crippen LogP contribution in [-0.4, -0.2) is 10.1 Å². The fourth-order valence-electron chi connectivity index (χ4n) is 0.967. The largest absolute Gasteiger partial charge is 0.397 e. The molecule has 1 heterocycles. The molecule has 0 radical (unpaired) electrons. The van der Waals surface area contributed by atoms with E-state index in [1.165, 1.54) is 0 Å². The molecule has 3 nitrogen and oxygen atoms in total. The highest BCUT2D eigenvalue weighted by Gasteiger charge is 2.20. The third-order valence-corrected chi connectivity index (χ3v) is 1.58. The average molecular weight is 192 g/mol. The lowest BCUT2D eigenvalue weighted by Gasteiger charge is -2.09. The number of nitrogen functional groups attached to an aromatic ring is 1. The zero-order valence-corrected chi connectivity index (χ0v) is 6.47. The van der Waals surface area contributed by atoms with Crippen molar-refractivity contribution in [3.8, 4) is 0 Å². The topological polar surface area (TPSA) is 59.1 Å². The molecule has 0 atom stereocenters. The first kappa shape index (κ1) is 9.79. The van der Waals surface area contributed by atoms with Gasteiger partial charge in [-0.2, -0.15) is 4.39 Å². The van der Waals surface area contributed by atoms with Crippen molar-refractivity contribution >= 4 is 5.69 Å². The molecule has 0 aliphatic rings. The van der Waals surface area contributed by atoms with Gasteiger partial charge in [-0.1, -0.05) is 0 Å². The quantitative estimate of drug-likeness (QED) is 0.693. The fourth-order valence-corrected chi connectivity index (χ4v) is 0.967. The van der Waals surface area contributed by atoms with Gasteiger partial charge in [0.25, 0.3) is 6.43 Å². The average Bonchev–Trinajstić information content (AvgIpc) is 2.07. The number of nitrogens with zero attached hydrogens (tertiary/aromatic N) is 1. The van der Waals surface area contributed by atoms with Crippen molar-refractivity contribution in [1.29, 1.82) is 0 Å². The fraction of sp³-hybridized carbons (Fsp3) is 0.286. The number of anilines is 1. The highest BCUT2D eigenvalue weighted by molar-refractivity contribution is 5.49. The smallest absolute Gasteiger partial charge is 0.266 e. The second-order valence-corrected chi connectivity index (χ2v) is 2.36. The van der Waals surface area contributed by atoms with Crippen LogP contribution < -0.4 is 5.73 Å². The number of pyridine rings is 1. The molecule has 1 rings (SSSR count). The number of halogens is 3. The first-order valence-corrected chi connectivity index (χ1v) is 3.39. The first-order chi connectivity index (χ1) is 6.07. The molecule has 0 aliphatic heterocycles. The van der Waals surface area contributed by atoms with Crippen LogP contribution in [0.4, 0.5) is 18.9 Å². The molecule has 1 aromatic heterocycles. The second-order valence-electron chi connectivity index (χ2n) is 2.36. The van der Waals surface area contributed by atoms with Gasteiger partial charge < -0.3 is 10.8 Å². The van der Waals surface area contributed by atoms with Crippen LogP contribution in [-0.2, 0) is 6.61 Å². The highest BCUT2D eigenvalue weighted by Crippen LogP contribution is 2.29. The minimum absolute atomic E-state index is 0.319. The Morgan fingerprint density at radius 2 is 2.15 bits per heavy atom. The maximum absolute atomic E-state index is 12.7. The van der Waals surface area contributed by atoms with E-state index in [0.717, 1.165) is 6.20 Å². The first-order valence-electron chi connectivity index (χ1n) is 3.39. The minimum atomic E-state index is -2.92. The number of aliphatic hydroxyl groups is 1. The van der Waals surface area contributed by atoms with E-state index in [9.17, 15) is 13.2 Å². The standard InChI is InChI=1S/C7H7F3N2O/c8-6(9)5-3(2-13)7(10)12-1-4(5)11/h1,6,13H,2,11H2. The van der Waals surface area contributed by atoms with Crippen LogP contribution >= 0.6 is 0 Å². The molecule has 0 bridgehead atoms. The van der Waals surface area contributed by atoms with Crippen molar-refractivity contribution in [3.63, 3.8) is 0 Å². The summed E-state index contributed by atoms with van der Waals surface area (Å²) in [6.45, 7) is -0.844. The van der Waals surface area contributed by atoms with E-state index >= 15 is 0 Å². The predicted octanol–water partition coefficient (Wildman–Crippen LogP) is 1.23. The zero-order chi connectivity index (χ0) is 10.0. The van der Waals surface area contributed by atoms with Gasteiger partial charge in [0, 0.05) is 5.56 Å². The lowest BCUT2D eigenvalue weighted by molar-refractivity contribution is 0.146. The Morgan fingerprint density at radius 1 is 1.54 bits per heavy atom. The Labute approximate surface area is 72.0 Å². The maximum atomic E-state index is 12.7. The maximum Gasteiger partial charge on any atom is 0.266 e. The molecule has 0 spiro atoms. The van der Waals surface area contributed by atoms with Gasteiger partial charge in [0.15, 0.2) is 0 Å². The molecule has 0 aromatic carbocycles. The lowest BCUT2D eigenvalue weighted by atomic mass is 10.1. The normalized spacial score (nSPS) is 10.8.